The summed E-state index contributed by atoms with van der Waals surface area (Å²) < 4.78 is 0. The molecular weight excluding hydrogens is 282 g/mol. The fourth-order valence-electron chi connectivity index (χ4n) is 0.927. The van der Waals surface area contributed by atoms with E-state index in [0.717, 1.165) is 0 Å². The molecule has 15 heavy (non-hydrogen) atoms. The topological polar surface area (TPSA) is 15.7 Å². The van der Waals surface area contributed by atoms with Crippen LogP contribution in [0.4, 0.5) is 0 Å². The molecular formula is C8H16Cl4N2O. The lowest BCUT2D eigenvalue weighted by Crippen LogP contribution is -2.39. The van der Waals surface area contributed by atoms with E-state index in [-0.39, 0.29) is 0 Å². The van der Waals surface area contributed by atoms with Crippen LogP contribution < -0.4 is 0 Å². The van der Waals surface area contributed by atoms with Gasteiger partial charge in [0, 0.05) is 49.7 Å². The fraction of sp³-hybridized carbons (Fsp3) is 1.00. The molecule has 0 radical (unpaired) electrons. The van der Waals surface area contributed by atoms with Crippen LogP contribution in [0.2, 0.25) is 0 Å². The van der Waals surface area contributed by atoms with Crippen molar-refractivity contribution in [2.45, 2.75) is 0 Å². The summed E-state index contributed by atoms with van der Waals surface area (Å²) in [6.45, 7) is 2.48. The molecule has 0 heterocycles. The maximum atomic E-state index is 5.63. The van der Waals surface area contributed by atoms with Crippen molar-refractivity contribution in [1.82, 2.24) is 10.1 Å². The van der Waals surface area contributed by atoms with E-state index >= 15 is 0 Å². The van der Waals surface area contributed by atoms with E-state index in [4.69, 9.17) is 51.3 Å². The molecule has 0 N–H and O–H groups in total. The van der Waals surface area contributed by atoms with Crippen molar-refractivity contribution >= 4 is 46.4 Å². The van der Waals surface area contributed by atoms with Crippen LogP contribution in [0, 0.1) is 0 Å². The van der Waals surface area contributed by atoms with Crippen molar-refractivity contribution in [1.29, 1.82) is 0 Å². The Kier molecular flexibility index (Phi) is 12.3. The Morgan fingerprint density at radius 3 is 1.07 bits per heavy atom. The van der Waals surface area contributed by atoms with Crippen molar-refractivity contribution in [3.05, 3.63) is 0 Å². The summed E-state index contributed by atoms with van der Waals surface area (Å²) in [5.41, 5.74) is 0. The molecule has 7 heteroatoms. The average molecular weight is 298 g/mol. The minimum Gasteiger partial charge on any atom is -0.208 e. The number of nitrogens with zero attached hydrogens (tertiary/aromatic N) is 2. The molecule has 0 aliphatic rings. The highest BCUT2D eigenvalue weighted by Gasteiger charge is 2.10. The van der Waals surface area contributed by atoms with Gasteiger partial charge in [-0.15, -0.1) is 46.4 Å². The van der Waals surface area contributed by atoms with Crippen molar-refractivity contribution in [3.63, 3.8) is 0 Å². The zero-order chi connectivity index (χ0) is 11.5. The van der Waals surface area contributed by atoms with Crippen LogP contribution in [0.3, 0.4) is 0 Å². The lowest BCUT2D eigenvalue weighted by molar-refractivity contribution is -0.318. The Bertz CT molecular complexity index is 116. The molecule has 0 saturated heterocycles. The highest BCUT2D eigenvalue weighted by Crippen LogP contribution is 2.00. The lowest BCUT2D eigenvalue weighted by Gasteiger charge is -2.27. The predicted octanol–water partition coefficient (Wildman–Crippen LogP) is 2.39. The minimum absolute atomic E-state index is 0.493. The number of hydroxylamine groups is 4. The predicted molar refractivity (Wildman–Crippen MR) is 67.1 cm³/mol. The van der Waals surface area contributed by atoms with Gasteiger partial charge in [-0.25, -0.2) is 4.94 Å². The van der Waals surface area contributed by atoms with E-state index in [1.807, 2.05) is 0 Å². The van der Waals surface area contributed by atoms with Gasteiger partial charge in [0.05, 0.1) is 0 Å². The summed E-state index contributed by atoms with van der Waals surface area (Å²) >= 11 is 22.5. The average Bonchev–Trinajstić information content (AvgIpc) is 2.19. The number of hydrogen-bond acceptors (Lipinski definition) is 3. The summed E-state index contributed by atoms with van der Waals surface area (Å²) in [5, 5.41) is 3.41. The monoisotopic (exact) mass is 296 g/mol. The molecule has 0 aliphatic carbocycles. The third-order valence-electron chi connectivity index (χ3n) is 1.57. The van der Waals surface area contributed by atoms with Gasteiger partial charge in [0.25, 0.3) is 0 Å². The standard InChI is InChI=1S/C8H16Cl4N2O/c9-1-5-13(6-2-10)15-14(7-3-11)8-4-12/h1-8H2. The number of alkyl halides is 4. The molecule has 0 atom stereocenters. The minimum atomic E-state index is 0.493. The molecule has 0 bridgehead atoms. The maximum Gasteiger partial charge on any atom is 0.0396 e. The smallest absolute Gasteiger partial charge is 0.0396 e. The number of hydrogen-bond donors (Lipinski definition) is 0. The SMILES string of the molecule is ClCCN(CCCl)ON(CCCl)CCCl. The first-order valence-electron chi connectivity index (χ1n) is 4.70. The molecule has 0 aromatic rings. The summed E-state index contributed by atoms with van der Waals surface area (Å²) in [4.78, 5) is 5.54. The van der Waals surface area contributed by atoms with Gasteiger partial charge in [-0.3, -0.25) is 0 Å². The number of rotatable bonds is 10. The molecule has 0 unspecified atom stereocenters. The van der Waals surface area contributed by atoms with Crippen molar-refractivity contribution in [2.24, 2.45) is 0 Å². The molecule has 92 valence electrons. The van der Waals surface area contributed by atoms with E-state index in [2.05, 4.69) is 0 Å². The Labute approximate surface area is 111 Å². The lowest BCUT2D eigenvalue weighted by atomic mass is 10.6. The zero-order valence-electron chi connectivity index (χ0n) is 8.47. The van der Waals surface area contributed by atoms with Crippen molar-refractivity contribution < 1.29 is 4.94 Å². The second-order valence-corrected chi connectivity index (χ2v) is 4.21. The second kappa shape index (κ2) is 11.5. The normalized spacial score (nSPS) is 11.6. The van der Waals surface area contributed by atoms with Gasteiger partial charge in [0.15, 0.2) is 0 Å². The zero-order valence-corrected chi connectivity index (χ0v) is 11.5. The summed E-state index contributed by atoms with van der Waals surface area (Å²) in [5.74, 6) is 1.97. The Morgan fingerprint density at radius 2 is 0.867 bits per heavy atom. The molecule has 0 spiro atoms. The van der Waals surface area contributed by atoms with Crippen molar-refractivity contribution in [2.75, 3.05) is 49.7 Å². The van der Waals surface area contributed by atoms with Crippen LogP contribution in [-0.4, -0.2) is 59.8 Å². The van der Waals surface area contributed by atoms with E-state index in [9.17, 15) is 0 Å². The maximum absolute atomic E-state index is 5.63. The Hall–Kier alpha value is 1.04. The van der Waals surface area contributed by atoms with Gasteiger partial charge in [-0.2, -0.15) is 10.1 Å². The van der Waals surface area contributed by atoms with Crippen LogP contribution >= 0.6 is 46.4 Å². The third-order valence-corrected chi connectivity index (χ3v) is 2.24. The first-order chi connectivity index (χ1) is 7.28. The van der Waals surface area contributed by atoms with Crippen molar-refractivity contribution in [3.8, 4) is 0 Å². The first-order valence-corrected chi connectivity index (χ1v) is 6.84. The highest BCUT2D eigenvalue weighted by molar-refractivity contribution is 6.18. The molecule has 0 fully saturated rings. The van der Waals surface area contributed by atoms with Crippen LogP contribution in [0.15, 0.2) is 0 Å². The third kappa shape index (κ3) is 8.81. The van der Waals surface area contributed by atoms with Gasteiger partial charge in [0.1, 0.15) is 0 Å². The quantitative estimate of drug-likeness (QED) is 0.455. The number of halogens is 4. The molecule has 0 saturated carbocycles. The molecule has 0 aromatic heterocycles. The summed E-state index contributed by atoms with van der Waals surface area (Å²) in [7, 11) is 0. The van der Waals surface area contributed by atoms with Crippen LogP contribution in [-0.2, 0) is 4.94 Å². The van der Waals surface area contributed by atoms with E-state index in [1.54, 1.807) is 10.1 Å². The highest BCUT2D eigenvalue weighted by atomic mass is 35.5. The largest absolute Gasteiger partial charge is 0.208 e. The van der Waals surface area contributed by atoms with Gasteiger partial charge in [-0.05, 0) is 0 Å². The van der Waals surface area contributed by atoms with Crippen LogP contribution in [0.25, 0.3) is 0 Å². The van der Waals surface area contributed by atoms with E-state index in [0.29, 0.717) is 49.7 Å². The van der Waals surface area contributed by atoms with Gasteiger partial charge < -0.3 is 0 Å². The van der Waals surface area contributed by atoms with E-state index < -0.39 is 0 Å². The molecule has 3 nitrogen and oxygen atoms in total. The van der Waals surface area contributed by atoms with Crippen LogP contribution in [0.1, 0.15) is 0 Å². The molecule has 0 aliphatic heterocycles. The molecule has 0 aromatic carbocycles. The Morgan fingerprint density at radius 1 is 0.600 bits per heavy atom. The Balaban J connectivity index is 3.93. The van der Waals surface area contributed by atoms with Gasteiger partial charge in [-0.1, -0.05) is 0 Å². The summed E-state index contributed by atoms with van der Waals surface area (Å²) in [6, 6.07) is 0. The van der Waals surface area contributed by atoms with E-state index in [1.165, 1.54) is 0 Å². The van der Waals surface area contributed by atoms with Gasteiger partial charge in [0.2, 0.25) is 0 Å². The fourth-order valence-corrected chi connectivity index (χ4v) is 1.68. The second-order valence-electron chi connectivity index (χ2n) is 2.70. The molecule has 0 amide bonds. The summed E-state index contributed by atoms with van der Waals surface area (Å²) in [6.07, 6.45) is 0. The first kappa shape index (κ1) is 16.0. The van der Waals surface area contributed by atoms with Gasteiger partial charge >= 0.3 is 0 Å². The van der Waals surface area contributed by atoms with Crippen LogP contribution in [0.5, 0.6) is 0 Å². The molecule has 0 rings (SSSR count).